The molecule has 1 aliphatic rings. The number of aromatic nitrogens is 4. The lowest BCUT2D eigenvalue weighted by Crippen LogP contribution is -2.40. The summed E-state index contributed by atoms with van der Waals surface area (Å²) in [4.78, 5) is 20.7. The molecule has 2 aromatic heterocycles. The summed E-state index contributed by atoms with van der Waals surface area (Å²) in [5.41, 5.74) is 1.81. The second-order valence-corrected chi connectivity index (χ2v) is 6.31. The number of Topliss-reactive ketones (excluding diaryl/α,β-unsaturated/α-hetero) is 1. The molecule has 0 aliphatic heterocycles. The summed E-state index contributed by atoms with van der Waals surface area (Å²) in [6.45, 7) is 3.44. The minimum atomic E-state index is -0.786. The van der Waals surface area contributed by atoms with Crippen LogP contribution in [-0.2, 0) is 9.53 Å². The SMILES string of the molecule is COC1(C(C)=O)CC=C(c2nc(Nc3cc(C)[nH]n3)cnc2C#N)CC1. The summed E-state index contributed by atoms with van der Waals surface area (Å²) >= 11 is 0. The van der Waals surface area contributed by atoms with Crippen molar-refractivity contribution in [1.29, 1.82) is 5.26 Å². The first kappa shape index (κ1) is 17.8. The molecule has 0 amide bonds. The molecule has 0 bridgehead atoms. The zero-order valence-electron chi connectivity index (χ0n) is 15.0. The predicted molar refractivity (Wildman–Crippen MR) is 95.6 cm³/mol. The smallest absolute Gasteiger partial charge is 0.166 e. The number of methoxy groups -OCH3 is 1. The average Bonchev–Trinajstić information content (AvgIpc) is 3.06. The van der Waals surface area contributed by atoms with Crippen LogP contribution in [-0.4, -0.2) is 38.7 Å². The van der Waals surface area contributed by atoms with Crippen LogP contribution < -0.4 is 5.32 Å². The van der Waals surface area contributed by atoms with Crippen LogP contribution in [0, 0.1) is 18.3 Å². The minimum absolute atomic E-state index is 0.00575. The molecule has 2 heterocycles. The molecule has 1 aliphatic carbocycles. The maximum absolute atomic E-state index is 11.9. The van der Waals surface area contributed by atoms with E-state index in [1.165, 1.54) is 6.20 Å². The lowest BCUT2D eigenvalue weighted by Gasteiger charge is -2.32. The molecule has 0 spiro atoms. The molecule has 1 unspecified atom stereocenters. The van der Waals surface area contributed by atoms with E-state index >= 15 is 0 Å². The molecule has 2 aromatic rings. The summed E-state index contributed by atoms with van der Waals surface area (Å²) in [5.74, 6) is 1.13. The first-order chi connectivity index (χ1) is 12.5. The van der Waals surface area contributed by atoms with Gasteiger partial charge in [-0.25, -0.2) is 9.97 Å². The van der Waals surface area contributed by atoms with E-state index in [9.17, 15) is 10.1 Å². The highest BCUT2D eigenvalue weighted by Crippen LogP contribution is 2.36. The standard InChI is InChI=1S/C18H20N6O2/c1-11-8-15(24-23-11)21-16-10-20-14(9-19)17(22-16)13-4-6-18(26-3,7-5-13)12(2)25/h4,8,10H,5-7H2,1-3H3,(H2,21,22,23,24). The van der Waals surface area contributed by atoms with Gasteiger partial charge in [-0.1, -0.05) is 6.08 Å². The Morgan fingerprint density at radius 3 is 2.81 bits per heavy atom. The van der Waals surface area contributed by atoms with E-state index in [-0.39, 0.29) is 11.5 Å². The fraction of sp³-hybridized carbons (Fsp3) is 0.389. The number of anilines is 2. The number of aryl methyl sites for hydroxylation is 1. The van der Waals surface area contributed by atoms with Gasteiger partial charge in [0.25, 0.3) is 0 Å². The van der Waals surface area contributed by atoms with Crippen LogP contribution in [0.25, 0.3) is 5.57 Å². The van der Waals surface area contributed by atoms with Crippen molar-refractivity contribution in [2.24, 2.45) is 0 Å². The Morgan fingerprint density at radius 2 is 2.27 bits per heavy atom. The number of aromatic amines is 1. The largest absolute Gasteiger partial charge is 0.370 e. The molecule has 0 saturated carbocycles. The van der Waals surface area contributed by atoms with Crippen LogP contribution in [0.2, 0.25) is 0 Å². The van der Waals surface area contributed by atoms with Crippen LogP contribution in [0.3, 0.4) is 0 Å². The van der Waals surface area contributed by atoms with E-state index in [0.717, 1.165) is 11.3 Å². The van der Waals surface area contributed by atoms with Crippen molar-refractivity contribution in [3.63, 3.8) is 0 Å². The topological polar surface area (TPSA) is 117 Å². The van der Waals surface area contributed by atoms with Crippen molar-refractivity contribution in [3.8, 4) is 6.07 Å². The highest BCUT2D eigenvalue weighted by atomic mass is 16.5. The number of H-pyrrole nitrogens is 1. The van der Waals surface area contributed by atoms with Crippen LogP contribution in [0.4, 0.5) is 11.6 Å². The molecule has 8 nitrogen and oxygen atoms in total. The van der Waals surface area contributed by atoms with Crippen LogP contribution in [0.15, 0.2) is 18.3 Å². The van der Waals surface area contributed by atoms with E-state index < -0.39 is 5.60 Å². The van der Waals surface area contributed by atoms with Gasteiger partial charge in [0.1, 0.15) is 17.4 Å². The molecule has 26 heavy (non-hydrogen) atoms. The molecule has 0 radical (unpaired) electrons. The van der Waals surface area contributed by atoms with Crippen molar-refractivity contribution >= 4 is 23.0 Å². The van der Waals surface area contributed by atoms with E-state index in [0.29, 0.717) is 36.6 Å². The zero-order valence-corrected chi connectivity index (χ0v) is 15.0. The maximum atomic E-state index is 11.9. The van der Waals surface area contributed by atoms with Gasteiger partial charge in [-0.2, -0.15) is 10.4 Å². The predicted octanol–water partition coefficient (Wildman–Crippen LogP) is 2.66. The number of carbonyl (C=O) groups is 1. The Balaban J connectivity index is 1.90. The van der Waals surface area contributed by atoms with Crippen molar-refractivity contribution in [3.05, 3.63) is 35.4 Å². The number of ether oxygens (including phenoxy) is 1. The Kier molecular flexibility index (Phi) is 4.82. The van der Waals surface area contributed by atoms with Crippen molar-refractivity contribution in [2.45, 2.75) is 38.7 Å². The number of rotatable bonds is 5. The molecule has 8 heteroatoms. The summed E-state index contributed by atoms with van der Waals surface area (Å²) in [5, 5.41) is 19.4. The van der Waals surface area contributed by atoms with Gasteiger partial charge >= 0.3 is 0 Å². The van der Waals surface area contributed by atoms with E-state index in [2.05, 4.69) is 31.6 Å². The fourth-order valence-corrected chi connectivity index (χ4v) is 3.06. The maximum Gasteiger partial charge on any atom is 0.166 e. The van der Waals surface area contributed by atoms with Crippen LogP contribution in [0.5, 0.6) is 0 Å². The van der Waals surface area contributed by atoms with E-state index in [1.54, 1.807) is 14.0 Å². The lowest BCUT2D eigenvalue weighted by molar-refractivity contribution is -0.139. The summed E-state index contributed by atoms with van der Waals surface area (Å²) in [6.07, 6.45) is 5.01. The Labute approximate surface area is 151 Å². The number of allylic oxidation sites excluding steroid dienone is 1. The summed E-state index contributed by atoms with van der Waals surface area (Å²) in [7, 11) is 1.55. The summed E-state index contributed by atoms with van der Waals surface area (Å²) < 4.78 is 5.47. The first-order valence-electron chi connectivity index (χ1n) is 8.29. The molecular formula is C18H20N6O2. The van der Waals surface area contributed by atoms with Gasteiger partial charge in [-0.05, 0) is 32.3 Å². The number of nitriles is 1. The third-order valence-electron chi connectivity index (χ3n) is 4.65. The Bertz CT molecular complexity index is 911. The second kappa shape index (κ2) is 7.06. The number of nitrogens with one attached hydrogen (secondary N) is 2. The molecule has 1 atom stereocenters. The Morgan fingerprint density at radius 1 is 1.46 bits per heavy atom. The van der Waals surface area contributed by atoms with Crippen molar-refractivity contribution < 1.29 is 9.53 Å². The van der Waals surface area contributed by atoms with Crippen LogP contribution >= 0.6 is 0 Å². The van der Waals surface area contributed by atoms with E-state index in [4.69, 9.17) is 4.74 Å². The number of hydrogen-bond acceptors (Lipinski definition) is 7. The van der Waals surface area contributed by atoms with Gasteiger partial charge in [0.2, 0.25) is 0 Å². The molecular weight excluding hydrogens is 332 g/mol. The summed E-state index contributed by atoms with van der Waals surface area (Å²) in [6, 6.07) is 3.93. The van der Waals surface area contributed by atoms with Crippen LogP contribution in [0.1, 0.15) is 43.3 Å². The second-order valence-electron chi connectivity index (χ2n) is 6.31. The monoisotopic (exact) mass is 352 g/mol. The Hall–Kier alpha value is -3.05. The zero-order chi connectivity index (χ0) is 18.7. The van der Waals surface area contributed by atoms with Crippen molar-refractivity contribution in [1.82, 2.24) is 20.2 Å². The first-order valence-corrected chi connectivity index (χ1v) is 8.29. The third kappa shape index (κ3) is 3.34. The highest BCUT2D eigenvalue weighted by Gasteiger charge is 2.37. The highest BCUT2D eigenvalue weighted by molar-refractivity contribution is 5.86. The van der Waals surface area contributed by atoms with Gasteiger partial charge in [0, 0.05) is 25.3 Å². The fourth-order valence-electron chi connectivity index (χ4n) is 3.06. The minimum Gasteiger partial charge on any atom is -0.370 e. The van der Waals surface area contributed by atoms with Gasteiger partial charge in [-0.15, -0.1) is 0 Å². The van der Waals surface area contributed by atoms with Gasteiger partial charge in [-0.3, -0.25) is 9.89 Å². The molecule has 3 rings (SSSR count). The molecule has 2 N–H and O–H groups in total. The molecule has 134 valence electrons. The molecule has 0 fully saturated rings. The number of nitrogens with zero attached hydrogens (tertiary/aromatic N) is 4. The lowest BCUT2D eigenvalue weighted by atomic mass is 9.81. The number of ketones is 1. The molecule has 0 aromatic carbocycles. The van der Waals surface area contributed by atoms with Crippen molar-refractivity contribution in [2.75, 3.05) is 12.4 Å². The third-order valence-corrected chi connectivity index (χ3v) is 4.65. The van der Waals surface area contributed by atoms with Gasteiger partial charge < -0.3 is 10.1 Å². The number of hydrogen-bond donors (Lipinski definition) is 2. The normalized spacial score (nSPS) is 19.5. The van der Waals surface area contributed by atoms with E-state index in [1.807, 2.05) is 19.1 Å². The van der Waals surface area contributed by atoms with Gasteiger partial charge in [0.05, 0.1) is 6.20 Å². The number of carbonyl (C=O) groups excluding carboxylic acids is 1. The molecule has 0 saturated heterocycles. The average molecular weight is 352 g/mol. The van der Waals surface area contributed by atoms with Gasteiger partial charge in [0.15, 0.2) is 23.1 Å². The quantitative estimate of drug-likeness (QED) is 0.849.